The van der Waals surface area contributed by atoms with Gasteiger partial charge in [-0.15, -0.1) is 0 Å². The van der Waals surface area contributed by atoms with E-state index in [1.165, 1.54) is 6.20 Å². The van der Waals surface area contributed by atoms with Gasteiger partial charge in [0.2, 0.25) is 5.91 Å². The van der Waals surface area contributed by atoms with Gasteiger partial charge in [0.05, 0.1) is 12.7 Å². The van der Waals surface area contributed by atoms with E-state index >= 15 is 0 Å². The number of nitrogens with zero attached hydrogens (tertiary/aromatic N) is 3. The summed E-state index contributed by atoms with van der Waals surface area (Å²) in [5, 5.41) is 3.41. The fourth-order valence-corrected chi connectivity index (χ4v) is 2.57. The van der Waals surface area contributed by atoms with Gasteiger partial charge in [0, 0.05) is 47.8 Å². The molecule has 134 valence electrons. The molecule has 0 saturated carbocycles. The fourth-order valence-electron chi connectivity index (χ4n) is 2.45. The molecule has 26 heavy (non-hydrogen) atoms. The first-order valence-corrected chi connectivity index (χ1v) is 8.56. The van der Waals surface area contributed by atoms with Crippen molar-refractivity contribution in [1.29, 1.82) is 0 Å². The smallest absolute Gasteiger partial charge is 0.254 e. The minimum absolute atomic E-state index is 0.00565. The SMILES string of the molecule is O=C(Cc1cnc(-c2ccc(Cl)cc2)[nH]c1=O)NCCCn1ccnc1. The Morgan fingerprint density at radius 1 is 1.27 bits per heavy atom. The number of imidazole rings is 1. The zero-order valence-electron chi connectivity index (χ0n) is 14.0. The van der Waals surface area contributed by atoms with Crippen LogP contribution in [0.1, 0.15) is 12.0 Å². The summed E-state index contributed by atoms with van der Waals surface area (Å²) in [6.45, 7) is 1.31. The van der Waals surface area contributed by atoms with Crippen LogP contribution in [-0.4, -0.2) is 32.0 Å². The molecule has 3 rings (SSSR count). The summed E-state index contributed by atoms with van der Waals surface area (Å²) in [6.07, 6.45) is 7.53. The fraction of sp³-hybridized carbons (Fsp3) is 0.222. The van der Waals surface area contributed by atoms with Gasteiger partial charge in [-0.05, 0) is 30.7 Å². The maximum atomic E-state index is 12.2. The first-order valence-electron chi connectivity index (χ1n) is 8.18. The molecule has 0 aliphatic heterocycles. The molecular formula is C18H18ClN5O2. The molecule has 0 bridgehead atoms. The monoisotopic (exact) mass is 371 g/mol. The van der Waals surface area contributed by atoms with Crippen LogP contribution >= 0.6 is 11.6 Å². The molecule has 0 saturated heterocycles. The highest BCUT2D eigenvalue weighted by atomic mass is 35.5. The van der Waals surface area contributed by atoms with Crippen LogP contribution in [-0.2, 0) is 17.8 Å². The Morgan fingerprint density at radius 2 is 2.08 bits per heavy atom. The topological polar surface area (TPSA) is 92.7 Å². The van der Waals surface area contributed by atoms with E-state index in [4.69, 9.17) is 11.6 Å². The molecular weight excluding hydrogens is 354 g/mol. The van der Waals surface area contributed by atoms with Crippen molar-refractivity contribution < 1.29 is 4.79 Å². The van der Waals surface area contributed by atoms with Crippen LogP contribution in [0, 0.1) is 0 Å². The third-order valence-corrected chi connectivity index (χ3v) is 4.07. The number of halogens is 1. The van der Waals surface area contributed by atoms with E-state index in [-0.39, 0.29) is 17.9 Å². The quantitative estimate of drug-likeness (QED) is 0.621. The zero-order valence-corrected chi connectivity index (χ0v) is 14.7. The summed E-state index contributed by atoms with van der Waals surface area (Å²) >= 11 is 5.85. The molecule has 7 nitrogen and oxygen atoms in total. The van der Waals surface area contributed by atoms with Crippen molar-refractivity contribution >= 4 is 17.5 Å². The van der Waals surface area contributed by atoms with Gasteiger partial charge in [0.15, 0.2) is 0 Å². The maximum Gasteiger partial charge on any atom is 0.254 e. The Kier molecular flexibility index (Phi) is 5.80. The van der Waals surface area contributed by atoms with Gasteiger partial charge in [0.1, 0.15) is 5.82 Å². The van der Waals surface area contributed by atoms with E-state index in [0.717, 1.165) is 18.5 Å². The number of aryl methyl sites for hydroxylation is 1. The van der Waals surface area contributed by atoms with Crippen molar-refractivity contribution in [3.05, 3.63) is 70.1 Å². The van der Waals surface area contributed by atoms with Crippen LogP contribution in [0.2, 0.25) is 5.02 Å². The minimum Gasteiger partial charge on any atom is -0.356 e. The van der Waals surface area contributed by atoms with E-state index in [0.29, 0.717) is 23.0 Å². The lowest BCUT2D eigenvalue weighted by Crippen LogP contribution is -2.29. The summed E-state index contributed by atoms with van der Waals surface area (Å²) in [6, 6.07) is 6.99. The molecule has 3 aromatic rings. The average molecular weight is 372 g/mol. The van der Waals surface area contributed by atoms with Crippen LogP contribution < -0.4 is 10.9 Å². The van der Waals surface area contributed by atoms with Crippen molar-refractivity contribution in [2.24, 2.45) is 0 Å². The average Bonchev–Trinajstić information content (AvgIpc) is 3.15. The van der Waals surface area contributed by atoms with Crippen molar-refractivity contribution in [1.82, 2.24) is 24.8 Å². The van der Waals surface area contributed by atoms with Crippen LogP contribution in [0.25, 0.3) is 11.4 Å². The Morgan fingerprint density at radius 3 is 2.77 bits per heavy atom. The number of aromatic nitrogens is 4. The van der Waals surface area contributed by atoms with Crippen LogP contribution in [0.15, 0.2) is 54.0 Å². The molecule has 8 heteroatoms. The molecule has 2 heterocycles. The molecule has 0 atom stereocenters. The Bertz CT molecular complexity index is 920. The second kappa shape index (κ2) is 8.44. The van der Waals surface area contributed by atoms with Gasteiger partial charge in [-0.25, -0.2) is 9.97 Å². The summed E-state index contributed by atoms with van der Waals surface area (Å²) in [5.41, 5.74) is 0.760. The van der Waals surface area contributed by atoms with E-state index < -0.39 is 0 Å². The third kappa shape index (κ3) is 4.80. The number of amides is 1. The number of benzene rings is 1. The van der Waals surface area contributed by atoms with Crippen LogP contribution in [0.5, 0.6) is 0 Å². The molecule has 0 fully saturated rings. The predicted octanol–water partition coefficient (Wildman–Crippen LogP) is 2.04. The van der Waals surface area contributed by atoms with E-state index in [9.17, 15) is 9.59 Å². The molecule has 0 unspecified atom stereocenters. The van der Waals surface area contributed by atoms with E-state index in [1.54, 1.807) is 36.8 Å². The Balaban J connectivity index is 1.53. The van der Waals surface area contributed by atoms with E-state index in [1.807, 2.05) is 10.8 Å². The lowest BCUT2D eigenvalue weighted by atomic mass is 10.2. The molecule has 2 N–H and O–H groups in total. The molecule has 1 amide bonds. The van der Waals surface area contributed by atoms with Crippen molar-refractivity contribution in [3.63, 3.8) is 0 Å². The first-order chi connectivity index (χ1) is 12.6. The van der Waals surface area contributed by atoms with Crippen molar-refractivity contribution in [2.75, 3.05) is 6.54 Å². The number of H-pyrrole nitrogens is 1. The van der Waals surface area contributed by atoms with Gasteiger partial charge in [-0.2, -0.15) is 0 Å². The summed E-state index contributed by atoms with van der Waals surface area (Å²) in [7, 11) is 0. The molecule has 0 aliphatic rings. The van der Waals surface area contributed by atoms with Crippen LogP contribution in [0.3, 0.4) is 0 Å². The number of carbonyl (C=O) groups is 1. The second-order valence-corrected chi connectivity index (χ2v) is 6.21. The number of hydrogen-bond acceptors (Lipinski definition) is 4. The molecule has 1 aromatic carbocycles. The van der Waals surface area contributed by atoms with Gasteiger partial charge >= 0.3 is 0 Å². The number of hydrogen-bond donors (Lipinski definition) is 2. The number of nitrogens with one attached hydrogen (secondary N) is 2. The van der Waals surface area contributed by atoms with E-state index in [2.05, 4.69) is 20.3 Å². The van der Waals surface area contributed by atoms with Crippen molar-refractivity contribution in [3.8, 4) is 11.4 Å². The Hall–Kier alpha value is -2.93. The molecule has 0 radical (unpaired) electrons. The van der Waals surface area contributed by atoms with Gasteiger partial charge in [-0.1, -0.05) is 11.6 Å². The summed E-state index contributed by atoms with van der Waals surface area (Å²) in [4.78, 5) is 35.1. The minimum atomic E-state index is -0.321. The highest BCUT2D eigenvalue weighted by molar-refractivity contribution is 6.30. The standard InChI is InChI=1S/C18H18ClN5O2/c19-15-4-2-13(3-5-15)17-22-11-14(18(26)23-17)10-16(25)21-6-1-8-24-9-7-20-12-24/h2-5,7,9,11-12H,1,6,8,10H2,(H,21,25)(H,22,23,26). The molecule has 0 spiro atoms. The molecule has 0 aliphatic carbocycles. The lowest BCUT2D eigenvalue weighted by molar-refractivity contribution is -0.120. The Labute approximate surface area is 155 Å². The van der Waals surface area contributed by atoms with Gasteiger partial charge in [-0.3, -0.25) is 9.59 Å². The largest absolute Gasteiger partial charge is 0.356 e. The normalized spacial score (nSPS) is 10.7. The van der Waals surface area contributed by atoms with Gasteiger partial charge in [0.25, 0.3) is 5.56 Å². The third-order valence-electron chi connectivity index (χ3n) is 3.82. The van der Waals surface area contributed by atoms with Crippen molar-refractivity contribution in [2.45, 2.75) is 19.4 Å². The maximum absolute atomic E-state index is 12.2. The zero-order chi connectivity index (χ0) is 18.4. The predicted molar refractivity (Wildman–Crippen MR) is 98.9 cm³/mol. The number of aromatic amines is 1. The number of rotatable bonds is 7. The highest BCUT2D eigenvalue weighted by Crippen LogP contribution is 2.16. The molecule has 2 aromatic heterocycles. The second-order valence-electron chi connectivity index (χ2n) is 5.77. The number of carbonyl (C=O) groups excluding carboxylic acids is 1. The van der Waals surface area contributed by atoms with Gasteiger partial charge < -0.3 is 14.9 Å². The lowest BCUT2D eigenvalue weighted by Gasteiger charge is -2.06. The highest BCUT2D eigenvalue weighted by Gasteiger charge is 2.09. The summed E-state index contributed by atoms with van der Waals surface area (Å²) in [5.74, 6) is 0.235. The summed E-state index contributed by atoms with van der Waals surface area (Å²) < 4.78 is 1.94. The first kappa shape index (κ1) is 17.9. The van der Waals surface area contributed by atoms with Crippen LogP contribution in [0.4, 0.5) is 0 Å².